The molecule has 0 saturated carbocycles. The molecule has 1 aromatic carbocycles. The van der Waals surface area contributed by atoms with Gasteiger partial charge in [-0.25, -0.2) is 14.6 Å². The molecule has 0 spiro atoms. The van der Waals surface area contributed by atoms with Crippen LogP contribution in [0.4, 0.5) is 10.5 Å². The van der Waals surface area contributed by atoms with E-state index in [2.05, 4.69) is 15.6 Å². The van der Waals surface area contributed by atoms with E-state index in [1.54, 1.807) is 31.2 Å². The summed E-state index contributed by atoms with van der Waals surface area (Å²) in [6.45, 7) is 1.52. The average molecular weight is 371 g/mol. The van der Waals surface area contributed by atoms with Gasteiger partial charge in [0, 0.05) is 5.69 Å². The maximum absolute atomic E-state index is 12.0. The monoisotopic (exact) mass is 371 g/mol. The zero-order chi connectivity index (χ0) is 18.4. The van der Waals surface area contributed by atoms with Crippen LogP contribution in [0.1, 0.15) is 12.6 Å². The van der Waals surface area contributed by atoms with E-state index in [0.717, 1.165) is 4.88 Å². The quantitative estimate of drug-likeness (QED) is 0.645. The van der Waals surface area contributed by atoms with Crippen molar-refractivity contribution < 1.29 is 18.7 Å². The molecule has 0 radical (unpaired) electrons. The number of amides is 2. The zero-order valence-corrected chi connectivity index (χ0v) is 14.8. The zero-order valence-electron chi connectivity index (χ0n) is 14.0. The third-order valence-corrected chi connectivity index (χ3v) is 4.24. The Kier molecular flexibility index (Phi) is 5.65. The maximum Gasteiger partial charge on any atom is 0.328 e. The molecule has 0 aliphatic rings. The lowest BCUT2D eigenvalue weighted by molar-refractivity contribution is -0.146. The lowest BCUT2D eigenvalue weighted by Crippen LogP contribution is -2.41. The van der Waals surface area contributed by atoms with E-state index in [9.17, 15) is 9.59 Å². The summed E-state index contributed by atoms with van der Waals surface area (Å²) in [5, 5.41) is 7.09. The summed E-state index contributed by atoms with van der Waals surface area (Å²) in [5.41, 5.74) is 1.14. The molecule has 3 aromatic rings. The van der Waals surface area contributed by atoms with E-state index in [-0.39, 0.29) is 6.61 Å². The van der Waals surface area contributed by atoms with E-state index in [4.69, 9.17) is 9.15 Å². The van der Waals surface area contributed by atoms with Crippen molar-refractivity contribution in [3.05, 3.63) is 59.8 Å². The van der Waals surface area contributed by atoms with Crippen LogP contribution >= 0.6 is 11.3 Å². The molecular formula is C18H17N3O4S. The van der Waals surface area contributed by atoms with Gasteiger partial charge >= 0.3 is 12.0 Å². The number of nitrogens with one attached hydrogen (secondary N) is 2. The minimum Gasteiger partial charge on any atom is -0.458 e. The number of esters is 1. The average Bonchev–Trinajstić information content (AvgIpc) is 3.31. The first-order valence-corrected chi connectivity index (χ1v) is 8.77. The van der Waals surface area contributed by atoms with Crippen molar-refractivity contribution in [3.8, 4) is 10.8 Å². The SMILES string of the molecule is C[C@H](NC(=O)Nc1ccccc1)C(=O)OCc1coc(-c2cccs2)n1. The highest BCUT2D eigenvalue weighted by Crippen LogP contribution is 2.23. The Labute approximate surface area is 154 Å². The number of rotatable bonds is 6. The van der Waals surface area contributed by atoms with Crippen molar-refractivity contribution in [3.63, 3.8) is 0 Å². The number of benzene rings is 1. The highest BCUT2D eigenvalue weighted by atomic mass is 32.1. The number of hydrogen-bond donors (Lipinski definition) is 2. The van der Waals surface area contributed by atoms with Crippen LogP contribution < -0.4 is 10.6 Å². The molecular weight excluding hydrogens is 354 g/mol. The summed E-state index contributed by atoms with van der Waals surface area (Å²) in [4.78, 5) is 29.1. The molecule has 0 fully saturated rings. The first kappa shape index (κ1) is 17.7. The number of ether oxygens (including phenoxy) is 1. The Morgan fingerprint density at radius 3 is 2.77 bits per heavy atom. The van der Waals surface area contributed by atoms with Gasteiger partial charge in [-0.1, -0.05) is 24.3 Å². The first-order chi connectivity index (χ1) is 12.6. The molecule has 8 heteroatoms. The number of para-hydroxylation sites is 1. The standard InChI is InChI=1S/C18H17N3O4S/c1-12(19-18(23)21-13-6-3-2-4-7-13)17(22)25-11-14-10-24-16(20-14)15-8-5-9-26-15/h2-10,12H,11H2,1H3,(H2,19,21,23)/t12-/m0/s1. The third-order valence-electron chi connectivity index (χ3n) is 3.38. The molecule has 3 rings (SSSR count). The van der Waals surface area contributed by atoms with Crippen LogP contribution in [0, 0.1) is 0 Å². The lowest BCUT2D eigenvalue weighted by Gasteiger charge is -2.13. The van der Waals surface area contributed by atoms with E-state index in [1.807, 2.05) is 23.6 Å². The van der Waals surface area contributed by atoms with Gasteiger partial charge in [-0.2, -0.15) is 0 Å². The number of nitrogens with zero attached hydrogens (tertiary/aromatic N) is 1. The number of anilines is 1. The van der Waals surface area contributed by atoms with Crippen molar-refractivity contribution in [2.75, 3.05) is 5.32 Å². The predicted octanol–water partition coefficient (Wildman–Crippen LogP) is 3.66. The predicted molar refractivity (Wildman–Crippen MR) is 97.7 cm³/mol. The van der Waals surface area contributed by atoms with Gasteiger partial charge in [-0.15, -0.1) is 11.3 Å². The summed E-state index contributed by atoms with van der Waals surface area (Å²) in [5.74, 6) is -0.0756. The van der Waals surface area contributed by atoms with Gasteiger partial charge in [0.25, 0.3) is 0 Å². The van der Waals surface area contributed by atoms with Crippen molar-refractivity contribution in [1.29, 1.82) is 0 Å². The lowest BCUT2D eigenvalue weighted by atomic mass is 10.3. The van der Waals surface area contributed by atoms with Crippen LogP contribution in [0.2, 0.25) is 0 Å². The fourth-order valence-corrected chi connectivity index (χ4v) is 2.76. The highest BCUT2D eigenvalue weighted by molar-refractivity contribution is 7.13. The number of oxazole rings is 1. The second-order valence-corrected chi connectivity index (χ2v) is 6.36. The van der Waals surface area contributed by atoms with Gasteiger partial charge in [0.15, 0.2) is 0 Å². The molecule has 0 unspecified atom stereocenters. The molecule has 26 heavy (non-hydrogen) atoms. The minimum absolute atomic E-state index is 0.0277. The Morgan fingerprint density at radius 2 is 2.04 bits per heavy atom. The number of aromatic nitrogens is 1. The molecule has 1 atom stereocenters. The van der Waals surface area contributed by atoms with Crippen LogP contribution in [0.25, 0.3) is 10.8 Å². The normalized spacial score (nSPS) is 11.6. The summed E-state index contributed by atoms with van der Waals surface area (Å²) < 4.78 is 10.5. The van der Waals surface area contributed by atoms with Gasteiger partial charge in [0.05, 0.1) is 4.88 Å². The van der Waals surface area contributed by atoms with Crippen LogP contribution in [0.5, 0.6) is 0 Å². The summed E-state index contributed by atoms with van der Waals surface area (Å²) in [7, 11) is 0. The van der Waals surface area contributed by atoms with E-state index in [1.165, 1.54) is 17.6 Å². The van der Waals surface area contributed by atoms with Gasteiger partial charge in [0.2, 0.25) is 5.89 Å². The van der Waals surface area contributed by atoms with Crippen molar-refractivity contribution in [1.82, 2.24) is 10.3 Å². The van der Waals surface area contributed by atoms with Gasteiger partial charge in [0.1, 0.15) is 24.6 Å². The molecule has 0 saturated heterocycles. The number of hydrogen-bond acceptors (Lipinski definition) is 6. The van der Waals surface area contributed by atoms with Gasteiger partial charge in [-0.05, 0) is 30.5 Å². The van der Waals surface area contributed by atoms with E-state index >= 15 is 0 Å². The summed E-state index contributed by atoms with van der Waals surface area (Å²) in [6.07, 6.45) is 1.45. The largest absolute Gasteiger partial charge is 0.458 e. The number of urea groups is 1. The highest BCUT2D eigenvalue weighted by Gasteiger charge is 2.18. The van der Waals surface area contributed by atoms with Crippen LogP contribution in [0.15, 0.2) is 58.5 Å². The fraction of sp³-hybridized carbons (Fsp3) is 0.167. The smallest absolute Gasteiger partial charge is 0.328 e. The molecule has 0 bridgehead atoms. The van der Waals surface area contributed by atoms with Crippen molar-refractivity contribution in [2.45, 2.75) is 19.6 Å². The van der Waals surface area contributed by atoms with Crippen molar-refractivity contribution in [2.24, 2.45) is 0 Å². The van der Waals surface area contributed by atoms with Crippen molar-refractivity contribution >= 4 is 29.0 Å². The Hall–Kier alpha value is -3.13. The molecule has 2 heterocycles. The van der Waals surface area contributed by atoms with Gasteiger partial charge in [-0.3, -0.25) is 0 Å². The Morgan fingerprint density at radius 1 is 1.23 bits per heavy atom. The first-order valence-electron chi connectivity index (χ1n) is 7.89. The minimum atomic E-state index is -0.803. The third kappa shape index (κ3) is 4.70. The molecule has 134 valence electrons. The molecule has 2 aromatic heterocycles. The maximum atomic E-state index is 12.0. The van der Waals surface area contributed by atoms with E-state index < -0.39 is 18.0 Å². The topological polar surface area (TPSA) is 93.5 Å². The summed E-state index contributed by atoms with van der Waals surface area (Å²) in [6, 6.07) is 11.4. The second kappa shape index (κ2) is 8.30. The molecule has 0 aliphatic carbocycles. The van der Waals surface area contributed by atoms with E-state index in [0.29, 0.717) is 17.3 Å². The fourth-order valence-electron chi connectivity index (χ4n) is 2.10. The van der Waals surface area contributed by atoms with Gasteiger partial charge < -0.3 is 19.8 Å². The molecule has 2 amide bonds. The summed E-state index contributed by atoms with van der Waals surface area (Å²) >= 11 is 1.51. The Balaban J connectivity index is 1.46. The number of carbonyl (C=O) groups is 2. The number of carbonyl (C=O) groups excluding carboxylic acids is 2. The number of thiophene rings is 1. The van der Waals surface area contributed by atoms with Crippen LogP contribution in [-0.2, 0) is 16.1 Å². The molecule has 7 nitrogen and oxygen atoms in total. The molecule has 2 N–H and O–H groups in total. The molecule has 0 aliphatic heterocycles. The Bertz CT molecular complexity index is 862. The second-order valence-electron chi connectivity index (χ2n) is 5.42. The van der Waals surface area contributed by atoms with Crippen LogP contribution in [-0.4, -0.2) is 23.0 Å². The van der Waals surface area contributed by atoms with Crippen LogP contribution in [0.3, 0.4) is 0 Å².